The van der Waals surface area contributed by atoms with Crippen LogP contribution in [0.25, 0.3) is 10.8 Å². The molecule has 6 rings (SSSR count). The predicted molar refractivity (Wildman–Crippen MR) is 162 cm³/mol. The quantitative estimate of drug-likeness (QED) is 0.271. The number of nitrogens with one attached hydrogen (secondary N) is 1. The Kier molecular flexibility index (Phi) is 8.00. The number of halogens is 1. The van der Waals surface area contributed by atoms with Gasteiger partial charge in [-0.2, -0.15) is 0 Å². The zero-order valence-electron chi connectivity index (χ0n) is 23.5. The van der Waals surface area contributed by atoms with E-state index in [1.807, 2.05) is 60.7 Å². The van der Waals surface area contributed by atoms with Crippen LogP contribution in [0.2, 0.25) is 0 Å². The van der Waals surface area contributed by atoms with Crippen molar-refractivity contribution in [3.8, 4) is 0 Å². The van der Waals surface area contributed by atoms with Gasteiger partial charge in [-0.05, 0) is 53.6 Å². The molecule has 42 heavy (non-hydrogen) atoms. The number of carbonyl (C=O) groups is 3. The molecule has 3 amide bonds. The summed E-state index contributed by atoms with van der Waals surface area (Å²) in [5.74, 6) is -1.17. The summed E-state index contributed by atoms with van der Waals surface area (Å²) >= 11 is 0. The van der Waals surface area contributed by atoms with Gasteiger partial charge in [0.25, 0.3) is 5.91 Å². The lowest BCUT2D eigenvalue weighted by Gasteiger charge is -2.34. The second-order valence-corrected chi connectivity index (χ2v) is 11.3. The first kappa shape index (κ1) is 27.6. The lowest BCUT2D eigenvalue weighted by Crippen LogP contribution is -2.54. The fourth-order valence-electron chi connectivity index (χ4n) is 6.25. The van der Waals surface area contributed by atoms with Gasteiger partial charge in [-0.3, -0.25) is 19.3 Å². The number of rotatable bonds is 9. The molecule has 214 valence electrons. The minimum absolute atomic E-state index is 0.0690. The number of anilines is 1. The van der Waals surface area contributed by atoms with Crippen molar-refractivity contribution in [1.29, 1.82) is 0 Å². The van der Waals surface area contributed by atoms with E-state index < -0.39 is 6.04 Å². The van der Waals surface area contributed by atoms with Crippen molar-refractivity contribution in [1.82, 2.24) is 10.2 Å². The number of amides is 3. The molecule has 0 bridgehead atoms. The van der Waals surface area contributed by atoms with Crippen molar-refractivity contribution < 1.29 is 18.8 Å². The number of hydrogen-bond donors (Lipinski definition) is 1. The molecule has 2 aliphatic rings. The van der Waals surface area contributed by atoms with Crippen molar-refractivity contribution in [3.63, 3.8) is 0 Å². The van der Waals surface area contributed by atoms with Crippen molar-refractivity contribution >= 4 is 34.2 Å². The van der Waals surface area contributed by atoms with Crippen LogP contribution in [0.4, 0.5) is 10.1 Å². The summed E-state index contributed by atoms with van der Waals surface area (Å²) in [6.45, 7) is -0.107. The zero-order chi connectivity index (χ0) is 29.1. The molecule has 4 aromatic carbocycles. The van der Waals surface area contributed by atoms with Crippen LogP contribution in [-0.4, -0.2) is 41.2 Å². The van der Waals surface area contributed by atoms with E-state index in [9.17, 15) is 18.8 Å². The maximum atomic E-state index is 14.3. The van der Waals surface area contributed by atoms with Gasteiger partial charge in [0.1, 0.15) is 18.4 Å². The average molecular weight is 564 g/mol. The number of benzene rings is 4. The smallest absolute Gasteiger partial charge is 0.259 e. The van der Waals surface area contributed by atoms with E-state index in [1.165, 1.54) is 17.0 Å². The summed E-state index contributed by atoms with van der Waals surface area (Å²) in [5, 5.41) is 5.00. The van der Waals surface area contributed by atoms with Gasteiger partial charge in [-0.25, -0.2) is 4.39 Å². The summed E-state index contributed by atoms with van der Waals surface area (Å²) in [6.07, 6.45) is 5.44. The lowest BCUT2D eigenvalue weighted by molar-refractivity contribution is -0.140. The minimum atomic E-state index is -0.817. The SMILES string of the molecule is O=C(NC1CCCCC1)[C@H](Cc1ccccc1)N(Cc1ccc(F)cc1)C(=O)CN1C(=O)c2cccc3cccc1c23. The Balaban J connectivity index is 1.34. The van der Waals surface area contributed by atoms with E-state index in [1.54, 1.807) is 23.1 Å². The van der Waals surface area contributed by atoms with Crippen LogP contribution in [-0.2, 0) is 22.6 Å². The standard InChI is InChI=1S/C35H34FN3O3/c36-27-19-17-25(18-20-27)22-38(31(21-24-9-3-1-4-10-24)34(41)37-28-13-5-2-6-14-28)32(40)23-39-30-16-8-12-26-11-7-15-29(33(26)30)35(39)42/h1,3-4,7-12,15-20,28,31H,2,5-6,13-14,21-23H2,(H,37,41)/t31-/m0/s1. The Morgan fingerprint density at radius 3 is 2.31 bits per heavy atom. The van der Waals surface area contributed by atoms with Crippen LogP contribution in [0.15, 0.2) is 91.0 Å². The molecule has 0 spiro atoms. The first-order valence-corrected chi connectivity index (χ1v) is 14.7. The maximum absolute atomic E-state index is 14.3. The van der Waals surface area contributed by atoms with Crippen LogP contribution in [0.3, 0.4) is 0 Å². The lowest BCUT2D eigenvalue weighted by atomic mass is 9.94. The van der Waals surface area contributed by atoms with E-state index in [0.29, 0.717) is 23.2 Å². The third kappa shape index (κ3) is 5.77. The predicted octanol–water partition coefficient (Wildman–Crippen LogP) is 6.03. The average Bonchev–Trinajstić information content (AvgIpc) is 3.28. The highest BCUT2D eigenvalue weighted by molar-refractivity contribution is 6.26. The van der Waals surface area contributed by atoms with Gasteiger partial charge in [0, 0.05) is 30.0 Å². The zero-order valence-corrected chi connectivity index (χ0v) is 23.5. The third-order valence-electron chi connectivity index (χ3n) is 8.43. The molecule has 1 fully saturated rings. The number of hydrogen-bond acceptors (Lipinski definition) is 3. The van der Waals surface area contributed by atoms with E-state index in [0.717, 1.165) is 48.4 Å². The first-order valence-electron chi connectivity index (χ1n) is 14.7. The van der Waals surface area contributed by atoms with Gasteiger partial charge in [0.15, 0.2) is 0 Å². The molecule has 7 heteroatoms. The molecule has 1 saturated carbocycles. The summed E-state index contributed by atoms with van der Waals surface area (Å²) in [7, 11) is 0. The van der Waals surface area contributed by atoms with E-state index in [4.69, 9.17) is 0 Å². The molecular weight excluding hydrogens is 529 g/mol. The molecule has 6 nitrogen and oxygen atoms in total. The highest BCUT2D eigenvalue weighted by atomic mass is 19.1. The van der Waals surface area contributed by atoms with Crippen LogP contribution in [0.1, 0.15) is 53.6 Å². The van der Waals surface area contributed by atoms with E-state index in [2.05, 4.69) is 5.32 Å². The second-order valence-electron chi connectivity index (χ2n) is 11.3. The van der Waals surface area contributed by atoms with E-state index >= 15 is 0 Å². The van der Waals surface area contributed by atoms with Crippen molar-refractivity contribution in [2.45, 2.75) is 57.2 Å². The Labute approximate surface area is 245 Å². The molecule has 1 aliphatic carbocycles. The largest absolute Gasteiger partial charge is 0.352 e. The van der Waals surface area contributed by atoms with Crippen molar-refractivity contribution in [2.75, 3.05) is 11.4 Å². The van der Waals surface area contributed by atoms with Crippen LogP contribution < -0.4 is 10.2 Å². The van der Waals surface area contributed by atoms with Gasteiger partial charge in [-0.1, -0.05) is 86.0 Å². The summed E-state index contributed by atoms with van der Waals surface area (Å²) < 4.78 is 13.8. The van der Waals surface area contributed by atoms with Gasteiger partial charge >= 0.3 is 0 Å². The molecule has 0 saturated heterocycles. The number of carbonyl (C=O) groups excluding carboxylic acids is 3. The highest BCUT2D eigenvalue weighted by Gasteiger charge is 2.36. The molecule has 1 atom stereocenters. The van der Waals surface area contributed by atoms with Crippen LogP contribution in [0.5, 0.6) is 0 Å². The molecular formula is C35H34FN3O3. The number of nitrogens with zero attached hydrogens (tertiary/aromatic N) is 2. The molecule has 0 unspecified atom stereocenters. The van der Waals surface area contributed by atoms with Gasteiger partial charge in [0.05, 0.1) is 5.69 Å². The molecule has 1 heterocycles. The van der Waals surface area contributed by atoms with E-state index in [-0.39, 0.29) is 42.7 Å². The minimum Gasteiger partial charge on any atom is -0.352 e. The summed E-state index contributed by atoms with van der Waals surface area (Å²) in [6, 6.07) is 26.1. The Bertz CT molecular complexity index is 1590. The van der Waals surface area contributed by atoms with Crippen molar-refractivity contribution in [3.05, 3.63) is 114 Å². The molecule has 1 aliphatic heterocycles. The Morgan fingerprint density at radius 2 is 1.57 bits per heavy atom. The fourth-order valence-corrected chi connectivity index (χ4v) is 6.25. The molecule has 0 aromatic heterocycles. The topological polar surface area (TPSA) is 69.7 Å². The summed E-state index contributed by atoms with van der Waals surface area (Å²) in [5.41, 5.74) is 2.88. The van der Waals surface area contributed by atoms with Crippen LogP contribution in [0, 0.1) is 5.82 Å². The summed E-state index contributed by atoms with van der Waals surface area (Å²) in [4.78, 5) is 44.9. The van der Waals surface area contributed by atoms with Crippen LogP contribution >= 0.6 is 0 Å². The van der Waals surface area contributed by atoms with Gasteiger partial charge in [-0.15, -0.1) is 0 Å². The second kappa shape index (κ2) is 12.1. The van der Waals surface area contributed by atoms with Gasteiger partial charge < -0.3 is 10.2 Å². The van der Waals surface area contributed by atoms with Crippen molar-refractivity contribution in [2.24, 2.45) is 0 Å². The fraction of sp³-hybridized carbons (Fsp3) is 0.286. The molecule has 4 aromatic rings. The monoisotopic (exact) mass is 563 g/mol. The molecule has 0 radical (unpaired) electrons. The Morgan fingerprint density at radius 1 is 0.857 bits per heavy atom. The highest BCUT2D eigenvalue weighted by Crippen LogP contribution is 2.37. The maximum Gasteiger partial charge on any atom is 0.259 e. The third-order valence-corrected chi connectivity index (χ3v) is 8.43. The first-order chi connectivity index (χ1) is 20.5. The normalized spacial score (nSPS) is 15.5. The van der Waals surface area contributed by atoms with Gasteiger partial charge in [0.2, 0.25) is 11.8 Å². The molecule has 1 N–H and O–H groups in total. The Hall–Kier alpha value is -4.52.